The second-order valence-electron chi connectivity index (χ2n) is 12.6. The van der Waals surface area contributed by atoms with Gasteiger partial charge in [-0.25, -0.2) is 18.4 Å². The van der Waals surface area contributed by atoms with E-state index in [0.29, 0.717) is 40.9 Å². The molecule has 0 unspecified atom stereocenters. The lowest BCUT2D eigenvalue weighted by molar-refractivity contribution is 0.0696. The van der Waals surface area contributed by atoms with E-state index in [1.807, 2.05) is 32.0 Å². The van der Waals surface area contributed by atoms with Crippen LogP contribution in [-0.2, 0) is 10.0 Å². The third-order valence-corrected chi connectivity index (χ3v) is 11.3. The third kappa shape index (κ3) is 10.9. The Hall–Kier alpha value is -3.93. The van der Waals surface area contributed by atoms with E-state index in [4.69, 9.17) is 30.2 Å². The lowest BCUT2D eigenvalue weighted by Crippen LogP contribution is -2.17. The molecular formula is C39H36Br4N2O9S. The number of aromatic carboxylic acids is 1. The van der Waals surface area contributed by atoms with Crippen LogP contribution in [0, 0.1) is 0 Å². The van der Waals surface area contributed by atoms with Gasteiger partial charge in [-0.2, -0.15) is 0 Å². The van der Waals surface area contributed by atoms with Gasteiger partial charge in [-0.05, 0) is 154 Å². The van der Waals surface area contributed by atoms with Crippen molar-refractivity contribution >= 4 is 91.2 Å². The number of aromatic hydroxyl groups is 1. The number of ketones is 1. The van der Waals surface area contributed by atoms with Crippen molar-refractivity contribution in [3.63, 3.8) is 0 Å². The van der Waals surface area contributed by atoms with Crippen molar-refractivity contribution < 1.29 is 42.4 Å². The molecule has 0 saturated carbocycles. The minimum Gasteiger partial charge on any atom is -0.508 e. The average molecular weight is 1030 g/mol. The Labute approximate surface area is 352 Å². The zero-order chi connectivity index (χ0) is 40.9. The number of nitrogens with two attached hydrogens (primary N) is 2. The van der Waals surface area contributed by atoms with E-state index < -0.39 is 21.8 Å². The number of halogens is 4. The van der Waals surface area contributed by atoms with Crippen LogP contribution in [-0.4, -0.2) is 37.5 Å². The maximum atomic E-state index is 13.1. The molecule has 16 heteroatoms. The molecule has 0 spiro atoms. The molecule has 0 fully saturated rings. The average Bonchev–Trinajstić information content (AvgIpc) is 3.10. The number of hydrogen-bond acceptors (Lipinski definition) is 9. The van der Waals surface area contributed by atoms with Gasteiger partial charge in [-0.3, -0.25) is 4.79 Å². The number of primary sulfonamides is 1. The summed E-state index contributed by atoms with van der Waals surface area (Å²) in [5, 5.41) is 24.3. The Kier molecular flexibility index (Phi) is 14.6. The number of rotatable bonds is 11. The maximum absolute atomic E-state index is 13.1. The van der Waals surface area contributed by atoms with E-state index in [-0.39, 0.29) is 44.9 Å². The van der Waals surface area contributed by atoms with Gasteiger partial charge in [0.05, 0.1) is 35.5 Å². The van der Waals surface area contributed by atoms with Crippen LogP contribution >= 0.6 is 63.7 Å². The summed E-state index contributed by atoms with van der Waals surface area (Å²) in [6.45, 7) is 8.07. The molecule has 11 nitrogen and oxygen atoms in total. The summed E-state index contributed by atoms with van der Waals surface area (Å²) in [4.78, 5) is 23.9. The number of nitrogen functional groups attached to an aromatic ring is 1. The Morgan fingerprint density at radius 1 is 0.691 bits per heavy atom. The summed E-state index contributed by atoms with van der Waals surface area (Å²) in [7, 11) is -2.49. The molecule has 0 aliphatic heterocycles. The molecule has 0 radical (unpaired) electrons. The molecule has 0 heterocycles. The molecule has 0 amide bonds. The number of phenolic OH excluding ortho intramolecular Hbond substituents is 1. The fourth-order valence-corrected chi connectivity index (χ4v) is 8.63. The zero-order valence-corrected chi connectivity index (χ0v) is 37.1. The largest absolute Gasteiger partial charge is 0.508 e. The summed E-state index contributed by atoms with van der Waals surface area (Å²) >= 11 is 13.5. The van der Waals surface area contributed by atoms with E-state index in [1.165, 1.54) is 42.5 Å². The van der Waals surface area contributed by atoms with E-state index in [2.05, 4.69) is 77.6 Å². The fraction of sp³-hybridized carbons (Fsp3) is 0.179. The summed E-state index contributed by atoms with van der Waals surface area (Å²) < 4.78 is 43.1. The Bertz CT molecular complexity index is 2340. The van der Waals surface area contributed by atoms with Crippen LogP contribution < -0.4 is 25.1 Å². The lowest BCUT2D eigenvalue weighted by Gasteiger charge is -2.15. The first-order chi connectivity index (χ1) is 25.7. The highest BCUT2D eigenvalue weighted by atomic mass is 79.9. The maximum Gasteiger partial charge on any atom is 0.335 e. The van der Waals surface area contributed by atoms with Crippen molar-refractivity contribution in [2.75, 3.05) is 12.8 Å². The zero-order valence-electron chi connectivity index (χ0n) is 30.0. The molecule has 0 aliphatic carbocycles. The number of carbonyl (C=O) groups is 2. The van der Waals surface area contributed by atoms with Crippen molar-refractivity contribution in [2.45, 2.75) is 44.4 Å². The number of anilines is 1. The SMILES string of the molecule is CC(C)c1cc(Oc2c(Br)cc(C(=O)c3cc(N)ccc3S(N)(=O)=O)cc2Br)ccc1O.COc1ccc(Oc2c(Br)cc(C(=O)O)cc2Br)cc1C(C)C. The number of hydrogen-bond donors (Lipinski definition) is 4. The molecule has 0 saturated heterocycles. The van der Waals surface area contributed by atoms with Crippen LogP contribution in [0.3, 0.4) is 0 Å². The predicted molar refractivity (Wildman–Crippen MR) is 226 cm³/mol. The molecule has 5 aromatic carbocycles. The number of phenols is 1. The molecular weight excluding hydrogens is 992 g/mol. The topological polar surface area (TPSA) is 188 Å². The number of carboxylic acid groups (broad SMARTS) is 1. The molecule has 6 N–H and O–H groups in total. The van der Waals surface area contributed by atoms with Crippen LogP contribution in [0.15, 0.2) is 102 Å². The number of methoxy groups -OCH3 is 1. The van der Waals surface area contributed by atoms with E-state index in [1.54, 1.807) is 25.3 Å². The first-order valence-electron chi connectivity index (χ1n) is 16.3. The van der Waals surface area contributed by atoms with E-state index >= 15 is 0 Å². The monoisotopic (exact) mass is 1020 g/mol. The second kappa shape index (κ2) is 18.3. The number of carbonyl (C=O) groups excluding carboxylic acids is 1. The second-order valence-corrected chi connectivity index (χ2v) is 17.6. The molecule has 5 rings (SSSR count). The molecule has 0 atom stereocenters. The molecule has 0 aliphatic rings. The first kappa shape index (κ1) is 43.8. The Morgan fingerprint density at radius 2 is 1.16 bits per heavy atom. The highest BCUT2D eigenvalue weighted by Crippen LogP contribution is 2.41. The standard InChI is InChI=1S/C22H20Br2N2O5S.C17H16Br2O4/c1-11(2)15-10-14(4-5-19(15)27)31-22-17(23)7-12(8-18(22)24)21(28)16-9-13(25)3-6-20(16)32(26,29)30;1-9(2)12-8-11(4-5-15(12)22-3)23-16-13(18)6-10(17(20)21)7-14(16)19/h3-11,27H,25H2,1-2H3,(H2,26,29,30);4-9H,1-3H3,(H,20,21). The number of carboxylic acids is 1. The predicted octanol–water partition coefficient (Wildman–Crippen LogP) is 11.1. The van der Waals surface area contributed by atoms with Crippen molar-refractivity contribution in [1.29, 1.82) is 0 Å². The normalized spacial score (nSPS) is 11.2. The van der Waals surface area contributed by atoms with Crippen LogP contribution in [0.2, 0.25) is 0 Å². The van der Waals surface area contributed by atoms with Crippen molar-refractivity contribution in [3.05, 3.63) is 125 Å². The molecule has 0 aromatic heterocycles. The van der Waals surface area contributed by atoms with Gasteiger partial charge in [0.1, 0.15) is 23.0 Å². The van der Waals surface area contributed by atoms with Crippen LogP contribution in [0.1, 0.15) is 76.9 Å². The van der Waals surface area contributed by atoms with Crippen molar-refractivity contribution in [1.82, 2.24) is 0 Å². The van der Waals surface area contributed by atoms with Crippen LogP contribution in [0.25, 0.3) is 0 Å². The molecule has 5 aromatic rings. The van der Waals surface area contributed by atoms with E-state index in [9.17, 15) is 23.1 Å². The minimum absolute atomic E-state index is 0.0942. The van der Waals surface area contributed by atoms with Crippen molar-refractivity contribution in [3.8, 4) is 34.5 Å². The Morgan fingerprint density at radius 3 is 1.62 bits per heavy atom. The minimum atomic E-state index is -4.13. The van der Waals surface area contributed by atoms with Gasteiger partial charge in [-0.15, -0.1) is 0 Å². The number of sulfonamides is 1. The molecule has 290 valence electrons. The summed E-state index contributed by atoms with van der Waals surface area (Å²) in [5.41, 5.74) is 8.01. The van der Waals surface area contributed by atoms with Gasteiger partial charge in [0.25, 0.3) is 0 Å². The van der Waals surface area contributed by atoms with E-state index in [0.717, 1.165) is 16.9 Å². The lowest BCUT2D eigenvalue weighted by atomic mass is 10.0. The third-order valence-electron chi connectivity index (χ3n) is 7.94. The van der Waals surface area contributed by atoms with Gasteiger partial charge < -0.3 is 30.2 Å². The van der Waals surface area contributed by atoms with Crippen molar-refractivity contribution in [2.24, 2.45) is 5.14 Å². The summed E-state index contributed by atoms with van der Waals surface area (Å²) in [6.07, 6.45) is 0. The summed E-state index contributed by atoms with van der Waals surface area (Å²) in [5.74, 6) is 1.89. The Balaban J connectivity index is 0.000000258. The first-order valence-corrected chi connectivity index (χ1v) is 21.0. The van der Waals surface area contributed by atoms with Crippen LogP contribution in [0.5, 0.6) is 34.5 Å². The molecule has 0 bridgehead atoms. The quantitative estimate of drug-likeness (QED) is 0.0732. The molecule has 55 heavy (non-hydrogen) atoms. The highest BCUT2D eigenvalue weighted by Gasteiger charge is 2.23. The van der Waals surface area contributed by atoms with Gasteiger partial charge >= 0.3 is 5.97 Å². The number of benzene rings is 5. The van der Waals surface area contributed by atoms with Gasteiger partial charge in [-0.1, -0.05) is 27.7 Å². The van der Waals surface area contributed by atoms with Gasteiger partial charge in [0.15, 0.2) is 17.3 Å². The fourth-order valence-electron chi connectivity index (χ4n) is 5.22. The smallest absolute Gasteiger partial charge is 0.335 e. The summed E-state index contributed by atoms with van der Waals surface area (Å²) in [6, 6.07) is 20.4. The van der Waals surface area contributed by atoms with Crippen LogP contribution in [0.4, 0.5) is 5.69 Å². The number of ether oxygens (including phenoxy) is 3. The van der Waals surface area contributed by atoms with Gasteiger partial charge in [0.2, 0.25) is 10.0 Å². The highest BCUT2D eigenvalue weighted by molar-refractivity contribution is 9.11. The van der Waals surface area contributed by atoms with Gasteiger partial charge in [0, 0.05) is 27.9 Å².